The number of hydrogen-bond donors (Lipinski definition) is 1. The Morgan fingerprint density at radius 3 is 2.90 bits per heavy atom. The van der Waals surface area contributed by atoms with Crippen molar-refractivity contribution in [3.63, 3.8) is 0 Å². The van der Waals surface area contributed by atoms with Crippen LogP contribution in [0.25, 0.3) is 0 Å². The molecule has 0 aromatic rings. The van der Waals surface area contributed by atoms with Gasteiger partial charge in [0.2, 0.25) is 0 Å². The average molecular weight is 317 g/mol. The second kappa shape index (κ2) is 10.5. The van der Waals surface area contributed by atoms with Crippen molar-refractivity contribution < 1.29 is 14.3 Å². The van der Waals surface area contributed by atoms with Gasteiger partial charge in [-0.3, -0.25) is 4.79 Å². The van der Waals surface area contributed by atoms with Gasteiger partial charge < -0.3 is 14.8 Å². The van der Waals surface area contributed by atoms with Gasteiger partial charge in [0.1, 0.15) is 5.54 Å². The van der Waals surface area contributed by atoms with Crippen molar-refractivity contribution in [1.82, 2.24) is 5.32 Å². The molecule has 0 spiro atoms. The Hall–Kier alpha value is -0.260. The summed E-state index contributed by atoms with van der Waals surface area (Å²) >= 11 is 1.98. The van der Waals surface area contributed by atoms with Gasteiger partial charge in [-0.2, -0.15) is 11.8 Å². The Labute approximate surface area is 133 Å². The van der Waals surface area contributed by atoms with Crippen LogP contribution in [0, 0.1) is 0 Å². The molecule has 0 heterocycles. The molecule has 1 rings (SSSR count). The molecule has 0 saturated heterocycles. The summed E-state index contributed by atoms with van der Waals surface area (Å²) in [5.41, 5.74) is -0.455. The number of carbonyl (C=O) groups excluding carboxylic acids is 1. The van der Waals surface area contributed by atoms with E-state index in [1.165, 1.54) is 6.42 Å². The smallest absolute Gasteiger partial charge is 0.326 e. The minimum Gasteiger partial charge on any atom is -0.465 e. The molecule has 4 nitrogen and oxygen atoms in total. The number of rotatable bonds is 10. The van der Waals surface area contributed by atoms with Crippen molar-refractivity contribution in [1.29, 1.82) is 0 Å². The fourth-order valence-corrected chi connectivity index (χ4v) is 4.23. The Balaban J connectivity index is 2.57. The molecule has 5 heteroatoms. The number of nitrogens with one attached hydrogen (secondary N) is 1. The summed E-state index contributed by atoms with van der Waals surface area (Å²) in [5, 5.41) is 4.03. The normalized spacial score (nSPS) is 25.8. The Morgan fingerprint density at radius 2 is 2.24 bits per heavy atom. The summed E-state index contributed by atoms with van der Waals surface area (Å²) in [6.07, 6.45) is 6.20. The van der Waals surface area contributed by atoms with Crippen molar-refractivity contribution in [2.45, 2.75) is 63.2 Å². The SMILES string of the molecule is CCCNC1(C(=O)OCC)CCCC(SCCCOC)C1. The highest BCUT2D eigenvalue weighted by molar-refractivity contribution is 7.99. The molecule has 1 aliphatic rings. The van der Waals surface area contributed by atoms with Crippen LogP contribution in [0.4, 0.5) is 0 Å². The van der Waals surface area contributed by atoms with Gasteiger partial charge >= 0.3 is 5.97 Å². The van der Waals surface area contributed by atoms with E-state index in [1.807, 2.05) is 18.7 Å². The summed E-state index contributed by atoms with van der Waals surface area (Å²) in [6.45, 7) is 6.16. The molecule has 21 heavy (non-hydrogen) atoms. The van der Waals surface area contributed by atoms with Crippen molar-refractivity contribution in [2.24, 2.45) is 0 Å². The topological polar surface area (TPSA) is 47.6 Å². The predicted molar refractivity (Wildman–Crippen MR) is 88.9 cm³/mol. The van der Waals surface area contributed by atoms with Gasteiger partial charge in [0, 0.05) is 19.0 Å². The van der Waals surface area contributed by atoms with Gasteiger partial charge in [-0.05, 0) is 57.7 Å². The van der Waals surface area contributed by atoms with Gasteiger partial charge in [0.05, 0.1) is 6.61 Å². The number of esters is 1. The molecule has 1 saturated carbocycles. The van der Waals surface area contributed by atoms with Crippen LogP contribution in [0.15, 0.2) is 0 Å². The molecule has 0 aromatic carbocycles. The number of hydrogen-bond acceptors (Lipinski definition) is 5. The standard InChI is InChI=1S/C16H31NO3S/c1-4-10-17-16(15(18)20-5-2)9-6-8-14(13-16)21-12-7-11-19-3/h14,17H,4-13H2,1-3H3. The van der Waals surface area contributed by atoms with Crippen LogP contribution in [0.5, 0.6) is 0 Å². The lowest BCUT2D eigenvalue weighted by molar-refractivity contribution is -0.152. The van der Waals surface area contributed by atoms with Crippen molar-refractivity contribution in [3.05, 3.63) is 0 Å². The Kier molecular flexibility index (Phi) is 9.36. The highest BCUT2D eigenvalue weighted by atomic mass is 32.2. The first-order valence-corrected chi connectivity index (χ1v) is 9.26. The van der Waals surface area contributed by atoms with Crippen LogP contribution in [0.3, 0.4) is 0 Å². The van der Waals surface area contributed by atoms with Gasteiger partial charge in [-0.15, -0.1) is 0 Å². The number of ether oxygens (including phenoxy) is 2. The number of methoxy groups -OCH3 is 1. The lowest BCUT2D eigenvalue weighted by Gasteiger charge is -2.39. The van der Waals surface area contributed by atoms with Crippen molar-refractivity contribution in [3.8, 4) is 0 Å². The fraction of sp³-hybridized carbons (Fsp3) is 0.938. The quantitative estimate of drug-likeness (QED) is 0.496. The number of thioether (sulfide) groups is 1. The maximum atomic E-state index is 12.4. The first-order chi connectivity index (χ1) is 10.2. The van der Waals surface area contributed by atoms with Gasteiger partial charge in [0.15, 0.2) is 0 Å². The van der Waals surface area contributed by atoms with E-state index in [9.17, 15) is 4.79 Å². The molecular weight excluding hydrogens is 286 g/mol. The summed E-state index contributed by atoms with van der Waals surface area (Å²) in [7, 11) is 1.74. The molecule has 1 aliphatic carbocycles. The molecule has 0 bridgehead atoms. The third-order valence-corrected chi connectivity index (χ3v) is 5.33. The molecule has 2 unspecified atom stereocenters. The van der Waals surface area contributed by atoms with E-state index < -0.39 is 5.54 Å². The zero-order valence-electron chi connectivity index (χ0n) is 13.8. The lowest BCUT2D eigenvalue weighted by atomic mass is 9.81. The minimum atomic E-state index is -0.455. The number of carbonyl (C=O) groups is 1. The largest absolute Gasteiger partial charge is 0.465 e. The van der Waals surface area contributed by atoms with E-state index in [1.54, 1.807) is 7.11 Å². The molecule has 124 valence electrons. The predicted octanol–water partition coefficient (Wildman–Crippen LogP) is 3.00. The second-order valence-electron chi connectivity index (χ2n) is 5.66. The summed E-state index contributed by atoms with van der Waals surface area (Å²) in [5.74, 6) is 1.05. The van der Waals surface area contributed by atoms with Crippen LogP contribution < -0.4 is 5.32 Å². The monoisotopic (exact) mass is 317 g/mol. The average Bonchev–Trinajstić information content (AvgIpc) is 2.50. The third-order valence-electron chi connectivity index (χ3n) is 3.93. The van der Waals surface area contributed by atoms with E-state index >= 15 is 0 Å². The lowest BCUT2D eigenvalue weighted by Crippen LogP contribution is -2.56. The highest BCUT2D eigenvalue weighted by Crippen LogP contribution is 2.36. The van der Waals surface area contributed by atoms with E-state index in [0.717, 1.165) is 51.0 Å². The fourth-order valence-electron chi connectivity index (χ4n) is 2.87. The van der Waals surface area contributed by atoms with Crippen LogP contribution >= 0.6 is 11.8 Å². The first-order valence-electron chi connectivity index (χ1n) is 8.21. The molecular formula is C16H31NO3S. The van der Waals surface area contributed by atoms with Crippen molar-refractivity contribution in [2.75, 3.05) is 32.6 Å². The van der Waals surface area contributed by atoms with Crippen LogP contribution in [-0.2, 0) is 14.3 Å². The molecule has 2 atom stereocenters. The molecule has 0 amide bonds. The third kappa shape index (κ3) is 6.17. The first kappa shape index (κ1) is 18.8. The summed E-state index contributed by atoms with van der Waals surface area (Å²) < 4.78 is 10.4. The zero-order chi connectivity index (χ0) is 15.6. The molecule has 0 aromatic heterocycles. The molecule has 1 N–H and O–H groups in total. The maximum Gasteiger partial charge on any atom is 0.326 e. The second-order valence-corrected chi connectivity index (χ2v) is 7.07. The van der Waals surface area contributed by atoms with E-state index in [-0.39, 0.29) is 5.97 Å². The van der Waals surface area contributed by atoms with E-state index in [4.69, 9.17) is 9.47 Å². The van der Waals surface area contributed by atoms with E-state index in [2.05, 4.69) is 12.2 Å². The highest BCUT2D eigenvalue weighted by Gasteiger charge is 2.43. The van der Waals surface area contributed by atoms with Crippen LogP contribution in [-0.4, -0.2) is 49.4 Å². The van der Waals surface area contributed by atoms with Gasteiger partial charge in [0.25, 0.3) is 0 Å². The summed E-state index contributed by atoms with van der Waals surface area (Å²) in [4.78, 5) is 12.4. The zero-order valence-corrected chi connectivity index (χ0v) is 14.6. The van der Waals surface area contributed by atoms with Gasteiger partial charge in [-0.25, -0.2) is 0 Å². The minimum absolute atomic E-state index is 0.0550. The van der Waals surface area contributed by atoms with Crippen LogP contribution in [0.2, 0.25) is 0 Å². The molecule has 0 aliphatic heterocycles. The Bertz CT molecular complexity index is 301. The van der Waals surface area contributed by atoms with Crippen LogP contribution in [0.1, 0.15) is 52.4 Å². The van der Waals surface area contributed by atoms with E-state index in [0.29, 0.717) is 11.9 Å². The van der Waals surface area contributed by atoms with Gasteiger partial charge in [-0.1, -0.05) is 6.92 Å². The van der Waals surface area contributed by atoms with Crippen molar-refractivity contribution >= 4 is 17.7 Å². The summed E-state index contributed by atoms with van der Waals surface area (Å²) in [6, 6.07) is 0. The Morgan fingerprint density at radius 1 is 1.43 bits per heavy atom. The molecule has 0 radical (unpaired) electrons. The maximum absolute atomic E-state index is 12.4. The molecule has 1 fully saturated rings.